The van der Waals surface area contributed by atoms with E-state index in [9.17, 15) is 9.18 Å². The van der Waals surface area contributed by atoms with Crippen molar-refractivity contribution in [2.45, 2.75) is 12.3 Å². The second kappa shape index (κ2) is 3.87. The van der Waals surface area contributed by atoms with Gasteiger partial charge in [-0.15, -0.1) is 0 Å². The normalized spacial score (nSPS) is 14.0. The number of carboxylic acids is 1. The van der Waals surface area contributed by atoms with Crippen molar-refractivity contribution in [3.63, 3.8) is 0 Å². The van der Waals surface area contributed by atoms with Crippen LogP contribution in [0.3, 0.4) is 0 Å². The number of aliphatic carboxylic acids is 1. The molecule has 1 aromatic carbocycles. The third-order valence-corrected chi connectivity index (χ3v) is 2.43. The Morgan fingerprint density at radius 1 is 1.67 bits per heavy atom. The zero-order valence-corrected chi connectivity index (χ0v) is 8.55. The second-order valence-electron chi connectivity index (χ2n) is 3.14. The van der Waals surface area contributed by atoms with Crippen LogP contribution in [0.15, 0.2) is 18.2 Å². The third kappa shape index (κ3) is 1.79. The molecule has 0 radical (unpaired) electrons. The van der Waals surface area contributed by atoms with Gasteiger partial charge in [-0.25, -0.2) is 4.39 Å². The van der Waals surface area contributed by atoms with Crippen LogP contribution in [0.4, 0.5) is 4.39 Å². The molecule has 0 fully saturated rings. The first kappa shape index (κ1) is 11.5. The maximum Gasteiger partial charge on any atom is 0.328 e. The zero-order chi connectivity index (χ0) is 11.6. The molecule has 0 aliphatic carbocycles. The Morgan fingerprint density at radius 3 is 2.67 bits per heavy atom. The van der Waals surface area contributed by atoms with E-state index < -0.39 is 17.2 Å². The molecule has 1 unspecified atom stereocenters. The molecule has 0 aromatic heterocycles. The molecule has 1 N–H and O–H groups in total. The molecule has 0 aliphatic heterocycles. The van der Waals surface area contributed by atoms with Crippen molar-refractivity contribution in [1.82, 2.24) is 0 Å². The molecule has 5 heteroatoms. The average Bonchev–Trinajstić information content (AvgIpc) is 2.16. The number of nitrogens with zero attached hydrogens (tertiary/aromatic N) is 1. The first-order valence-electron chi connectivity index (χ1n) is 4.02. The van der Waals surface area contributed by atoms with Gasteiger partial charge in [-0.2, -0.15) is 5.26 Å². The van der Waals surface area contributed by atoms with Gasteiger partial charge in [-0.05, 0) is 19.1 Å². The van der Waals surface area contributed by atoms with E-state index in [1.165, 1.54) is 12.1 Å². The van der Waals surface area contributed by atoms with E-state index in [1.807, 2.05) is 0 Å². The topological polar surface area (TPSA) is 61.1 Å². The van der Waals surface area contributed by atoms with E-state index in [0.29, 0.717) is 0 Å². The van der Waals surface area contributed by atoms with Crippen LogP contribution in [0.1, 0.15) is 12.5 Å². The first-order chi connectivity index (χ1) is 6.93. The molecule has 1 aromatic rings. The van der Waals surface area contributed by atoms with E-state index >= 15 is 0 Å². The van der Waals surface area contributed by atoms with Gasteiger partial charge < -0.3 is 5.11 Å². The molecule has 0 amide bonds. The highest BCUT2D eigenvalue weighted by molar-refractivity contribution is 6.31. The molecule has 0 heterocycles. The molecule has 1 atom stereocenters. The van der Waals surface area contributed by atoms with E-state index in [1.54, 1.807) is 6.07 Å². The average molecular weight is 228 g/mol. The molecule has 15 heavy (non-hydrogen) atoms. The molecule has 0 saturated heterocycles. The van der Waals surface area contributed by atoms with Crippen LogP contribution in [0.2, 0.25) is 5.02 Å². The van der Waals surface area contributed by atoms with Crippen LogP contribution < -0.4 is 0 Å². The highest BCUT2D eigenvalue weighted by Crippen LogP contribution is 2.32. The monoisotopic (exact) mass is 227 g/mol. The minimum atomic E-state index is -1.97. The largest absolute Gasteiger partial charge is 0.480 e. The van der Waals surface area contributed by atoms with Gasteiger partial charge in [0, 0.05) is 10.6 Å². The maximum absolute atomic E-state index is 13.4. The fourth-order valence-corrected chi connectivity index (χ4v) is 1.54. The maximum atomic E-state index is 13.4. The van der Waals surface area contributed by atoms with Gasteiger partial charge in [0.2, 0.25) is 0 Å². The number of hydrogen-bond donors (Lipinski definition) is 1. The summed E-state index contributed by atoms with van der Waals surface area (Å²) in [5.74, 6) is -2.23. The molecule has 3 nitrogen and oxygen atoms in total. The minimum absolute atomic E-state index is 0.0681. The van der Waals surface area contributed by atoms with Crippen molar-refractivity contribution >= 4 is 17.6 Å². The minimum Gasteiger partial charge on any atom is -0.480 e. The first-order valence-corrected chi connectivity index (χ1v) is 4.40. The van der Waals surface area contributed by atoms with Crippen molar-refractivity contribution < 1.29 is 14.3 Å². The lowest BCUT2D eigenvalue weighted by Crippen LogP contribution is -2.32. The lowest BCUT2D eigenvalue weighted by atomic mass is 9.84. The SMILES string of the molecule is CC(C#N)(C(=O)O)c1c(F)cccc1Cl. The van der Waals surface area contributed by atoms with E-state index in [4.69, 9.17) is 22.0 Å². The smallest absolute Gasteiger partial charge is 0.328 e. The Labute approximate surface area is 90.7 Å². The summed E-state index contributed by atoms with van der Waals surface area (Å²) < 4.78 is 13.4. The van der Waals surface area contributed by atoms with E-state index in [0.717, 1.165) is 13.0 Å². The van der Waals surface area contributed by atoms with Crippen molar-refractivity contribution in [1.29, 1.82) is 5.26 Å². The summed E-state index contributed by atoms with van der Waals surface area (Å²) in [4.78, 5) is 10.9. The van der Waals surface area contributed by atoms with Gasteiger partial charge in [0.05, 0.1) is 6.07 Å². The molecule has 0 saturated carbocycles. The number of nitriles is 1. The van der Waals surface area contributed by atoms with E-state index in [2.05, 4.69) is 0 Å². The van der Waals surface area contributed by atoms with Crippen LogP contribution in [-0.4, -0.2) is 11.1 Å². The van der Waals surface area contributed by atoms with Crippen LogP contribution in [0.25, 0.3) is 0 Å². The number of halogens is 2. The van der Waals surface area contributed by atoms with Gasteiger partial charge in [0.1, 0.15) is 5.82 Å². The summed E-state index contributed by atoms with van der Waals surface area (Å²) in [5.41, 5.74) is -2.27. The second-order valence-corrected chi connectivity index (χ2v) is 3.55. The summed E-state index contributed by atoms with van der Waals surface area (Å²) in [5, 5.41) is 17.6. The summed E-state index contributed by atoms with van der Waals surface area (Å²) in [7, 11) is 0. The lowest BCUT2D eigenvalue weighted by Gasteiger charge is -2.18. The van der Waals surface area contributed by atoms with Crippen LogP contribution >= 0.6 is 11.6 Å². The number of carboxylic acid groups (broad SMARTS) is 1. The molecule has 1 rings (SSSR count). The number of rotatable bonds is 2. The Morgan fingerprint density at radius 2 is 2.27 bits per heavy atom. The highest BCUT2D eigenvalue weighted by atomic mass is 35.5. The van der Waals surface area contributed by atoms with Crippen molar-refractivity contribution in [2.75, 3.05) is 0 Å². The summed E-state index contributed by atoms with van der Waals surface area (Å²) in [6.07, 6.45) is 0. The van der Waals surface area contributed by atoms with Crippen molar-refractivity contribution in [2.24, 2.45) is 0 Å². The van der Waals surface area contributed by atoms with Gasteiger partial charge in [-0.3, -0.25) is 4.79 Å². The van der Waals surface area contributed by atoms with E-state index in [-0.39, 0.29) is 10.6 Å². The molecule has 0 bridgehead atoms. The number of hydrogen-bond acceptors (Lipinski definition) is 2. The zero-order valence-electron chi connectivity index (χ0n) is 7.79. The Kier molecular flexibility index (Phi) is 2.96. The third-order valence-electron chi connectivity index (χ3n) is 2.11. The predicted molar refractivity (Wildman–Crippen MR) is 52.0 cm³/mol. The Hall–Kier alpha value is -1.60. The standard InChI is InChI=1S/C10H7ClFNO2/c1-10(5-13,9(14)15)8-6(11)3-2-4-7(8)12/h2-4H,1H3,(H,14,15). The van der Waals surface area contributed by atoms with Crippen LogP contribution in [0.5, 0.6) is 0 Å². The molecular formula is C10H7ClFNO2. The van der Waals surface area contributed by atoms with Gasteiger partial charge in [-0.1, -0.05) is 17.7 Å². The van der Waals surface area contributed by atoms with Gasteiger partial charge in [0.25, 0.3) is 0 Å². The number of benzene rings is 1. The number of carbonyl (C=O) groups is 1. The van der Waals surface area contributed by atoms with Gasteiger partial charge >= 0.3 is 5.97 Å². The Bertz CT molecular complexity index is 435. The van der Waals surface area contributed by atoms with Crippen molar-refractivity contribution in [3.05, 3.63) is 34.6 Å². The fourth-order valence-electron chi connectivity index (χ4n) is 1.19. The summed E-state index contributed by atoms with van der Waals surface area (Å²) in [6, 6.07) is 5.31. The predicted octanol–water partition coefficient (Wildman–Crippen LogP) is 2.34. The van der Waals surface area contributed by atoms with Crippen LogP contribution in [0, 0.1) is 17.1 Å². The molecule has 0 spiro atoms. The summed E-state index contributed by atoms with van der Waals surface area (Å²) in [6.45, 7) is 1.11. The quantitative estimate of drug-likeness (QED) is 0.844. The molecular weight excluding hydrogens is 221 g/mol. The van der Waals surface area contributed by atoms with Crippen LogP contribution in [-0.2, 0) is 10.2 Å². The van der Waals surface area contributed by atoms with Gasteiger partial charge in [0.15, 0.2) is 5.41 Å². The Balaban J connectivity index is 3.51. The molecule has 0 aliphatic rings. The highest BCUT2D eigenvalue weighted by Gasteiger charge is 2.39. The lowest BCUT2D eigenvalue weighted by molar-refractivity contribution is -0.141. The molecule has 78 valence electrons. The summed E-state index contributed by atoms with van der Waals surface area (Å²) >= 11 is 5.68. The van der Waals surface area contributed by atoms with Crippen molar-refractivity contribution in [3.8, 4) is 6.07 Å². The fraction of sp³-hybridized carbons (Fsp3) is 0.200.